The van der Waals surface area contributed by atoms with E-state index in [2.05, 4.69) is 15.3 Å². The van der Waals surface area contributed by atoms with Crippen molar-refractivity contribution in [1.82, 2.24) is 15.3 Å². The van der Waals surface area contributed by atoms with Gasteiger partial charge in [0.25, 0.3) is 0 Å². The van der Waals surface area contributed by atoms with Crippen LogP contribution in [0.5, 0.6) is 11.5 Å². The van der Waals surface area contributed by atoms with E-state index < -0.39 is 0 Å². The fourth-order valence-electron chi connectivity index (χ4n) is 3.34. The minimum Gasteiger partial charge on any atom is -0.493 e. The molecule has 4 rings (SSSR count). The van der Waals surface area contributed by atoms with Crippen LogP contribution < -0.4 is 14.8 Å². The molecule has 30 heavy (non-hydrogen) atoms. The smallest absolute Gasteiger partial charge is 0.166 e. The molecule has 5 nitrogen and oxygen atoms in total. The first-order valence-corrected chi connectivity index (χ1v) is 10.3. The second-order valence-corrected chi connectivity index (χ2v) is 7.36. The van der Waals surface area contributed by atoms with Crippen LogP contribution in [0, 0.1) is 0 Å². The van der Waals surface area contributed by atoms with Gasteiger partial charge in [-0.25, -0.2) is 4.98 Å². The van der Waals surface area contributed by atoms with Gasteiger partial charge in [-0.1, -0.05) is 54.1 Å². The van der Waals surface area contributed by atoms with E-state index in [-0.39, 0.29) is 0 Å². The zero-order valence-electron chi connectivity index (χ0n) is 16.8. The summed E-state index contributed by atoms with van der Waals surface area (Å²) in [5.41, 5.74) is 4.03. The molecule has 6 heteroatoms. The van der Waals surface area contributed by atoms with Crippen molar-refractivity contribution < 1.29 is 9.47 Å². The number of halogens is 1. The molecule has 0 bridgehead atoms. The number of hydrogen-bond donors (Lipinski definition) is 2. The van der Waals surface area contributed by atoms with Gasteiger partial charge in [-0.05, 0) is 24.3 Å². The lowest BCUT2D eigenvalue weighted by molar-refractivity contribution is 0.280. The lowest BCUT2D eigenvalue weighted by Crippen LogP contribution is -2.18. The number of nitrogens with one attached hydrogen (secondary N) is 2. The highest BCUT2D eigenvalue weighted by Crippen LogP contribution is 2.32. The Morgan fingerprint density at radius 1 is 0.967 bits per heavy atom. The van der Waals surface area contributed by atoms with Gasteiger partial charge in [-0.3, -0.25) is 0 Å². The van der Waals surface area contributed by atoms with Crippen LogP contribution in [0.3, 0.4) is 0 Å². The quantitative estimate of drug-likeness (QED) is 0.367. The van der Waals surface area contributed by atoms with Crippen LogP contribution in [-0.2, 0) is 19.6 Å². The number of ether oxygens (including phenoxy) is 2. The molecule has 0 unspecified atom stereocenters. The number of aromatic amines is 1. The average Bonchev–Trinajstić information content (AvgIpc) is 3.19. The monoisotopic (exact) mass is 421 g/mol. The SMILES string of the molecule is COc1cccc(CNCCc2nc3ccccc3[nH]2)c1OCc1ccccc1Cl. The summed E-state index contributed by atoms with van der Waals surface area (Å²) in [4.78, 5) is 7.98. The third-order valence-electron chi connectivity index (χ3n) is 4.90. The van der Waals surface area contributed by atoms with Crippen LogP contribution in [0.1, 0.15) is 17.0 Å². The molecule has 2 N–H and O–H groups in total. The summed E-state index contributed by atoms with van der Waals surface area (Å²) in [5, 5.41) is 4.17. The van der Waals surface area contributed by atoms with E-state index in [1.165, 1.54) is 0 Å². The van der Waals surface area contributed by atoms with E-state index in [0.29, 0.717) is 23.9 Å². The van der Waals surface area contributed by atoms with E-state index in [1.54, 1.807) is 7.11 Å². The second-order valence-electron chi connectivity index (χ2n) is 6.96. The fourth-order valence-corrected chi connectivity index (χ4v) is 3.53. The first kappa shape index (κ1) is 20.3. The Hall–Kier alpha value is -3.02. The molecule has 1 aromatic heterocycles. The number of rotatable bonds is 9. The van der Waals surface area contributed by atoms with E-state index in [9.17, 15) is 0 Å². The standard InChI is InChI=1S/C24H24ClN3O2/c1-29-22-12-6-8-17(24(22)30-16-18-7-2-3-9-19(18)25)15-26-14-13-23-27-20-10-4-5-11-21(20)28-23/h2-12,26H,13-16H2,1H3,(H,27,28). The highest BCUT2D eigenvalue weighted by molar-refractivity contribution is 6.31. The number of methoxy groups -OCH3 is 1. The van der Waals surface area contributed by atoms with Crippen LogP contribution in [-0.4, -0.2) is 23.6 Å². The zero-order valence-corrected chi connectivity index (χ0v) is 17.6. The number of hydrogen-bond acceptors (Lipinski definition) is 4. The Bertz CT molecular complexity index is 1090. The maximum atomic E-state index is 6.26. The van der Waals surface area contributed by atoms with Gasteiger partial charge in [-0.15, -0.1) is 0 Å². The van der Waals surface area contributed by atoms with Gasteiger partial charge < -0.3 is 19.8 Å². The van der Waals surface area contributed by atoms with Crippen LogP contribution in [0.4, 0.5) is 0 Å². The normalized spacial score (nSPS) is 11.0. The molecule has 4 aromatic rings. The summed E-state index contributed by atoms with van der Waals surface area (Å²) in [5.74, 6) is 2.42. The van der Waals surface area contributed by atoms with Gasteiger partial charge in [-0.2, -0.15) is 0 Å². The minimum atomic E-state index is 0.381. The fraction of sp³-hybridized carbons (Fsp3) is 0.208. The summed E-state index contributed by atoms with van der Waals surface area (Å²) >= 11 is 6.26. The lowest BCUT2D eigenvalue weighted by Gasteiger charge is -2.16. The lowest BCUT2D eigenvalue weighted by atomic mass is 10.1. The van der Waals surface area contributed by atoms with Crippen molar-refractivity contribution in [3.63, 3.8) is 0 Å². The number of para-hydroxylation sites is 3. The number of imidazole rings is 1. The van der Waals surface area contributed by atoms with Crippen LogP contribution >= 0.6 is 11.6 Å². The van der Waals surface area contributed by atoms with Crippen molar-refractivity contribution in [1.29, 1.82) is 0 Å². The van der Waals surface area contributed by atoms with Crippen molar-refractivity contribution in [2.24, 2.45) is 0 Å². The molecule has 3 aromatic carbocycles. The minimum absolute atomic E-state index is 0.381. The maximum absolute atomic E-state index is 6.26. The summed E-state index contributed by atoms with van der Waals surface area (Å²) in [6.07, 6.45) is 0.814. The van der Waals surface area contributed by atoms with Gasteiger partial charge in [0.2, 0.25) is 0 Å². The Labute approximate surface area is 181 Å². The number of benzene rings is 3. The number of H-pyrrole nitrogens is 1. The molecule has 0 aliphatic heterocycles. The van der Waals surface area contributed by atoms with Crippen molar-refractivity contribution in [2.75, 3.05) is 13.7 Å². The van der Waals surface area contributed by atoms with Crippen molar-refractivity contribution in [3.8, 4) is 11.5 Å². The van der Waals surface area contributed by atoms with Crippen molar-refractivity contribution >= 4 is 22.6 Å². The second kappa shape index (κ2) is 9.65. The van der Waals surface area contributed by atoms with Crippen LogP contribution in [0.25, 0.3) is 11.0 Å². The van der Waals surface area contributed by atoms with E-state index in [0.717, 1.165) is 46.7 Å². The molecule has 0 fully saturated rings. The molecule has 0 saturated heterocycles. The molecule has 1 heterocycles. The van der Waals surface area contributed by atoms with E-state index in [4.69, 9.17) is 21.1 Å². The summed E-state index contributed by atoms with van der Waals surface area (Å²) in [6.45, 7) is 1.84. The Morgan fingerprint density at radius 2 is 1.77 bits per heavy atom. The molecule has 0 atom stereocenters. The van der Waals surface area contributed by atoms with E-state index >= 15 is 0 Å². The Kier molecular flexibility index (Phi) is 6.52. The molecule has 0 amide bonds. The Morgan fingerprint density at radius 3 is 2.60 bits per heavy atom. The predicted octanol–water partition coefficient (Wildman–Crippen LogP) is 5.14. The summed E-state index contributed by atoms with van der Waals surface area (Å²) in [7, 11) is 1.65. The van der Waals surface area contributed by atoms with Crippen LogP contribution in [0.15, 0.2) is 66.7 Å². The average molecular weight is 422 g/mol. The first-order valence-electron chi connectivity index (χ1n) is 9.91. The summed E-state index contributed by atoms with van der Waals surface area (Å²) in [6, 6.07) is 21.7. The van der Waals surface area contributed by atoms with Gasteiger partial charge in [0.1, 0.15) is 12.4 Å². The van der Waals surface area contributed by atoms with Crippen molar-refractivity contribution in [2.45, 2.75) is 19.6 Å². The zero-order chi connectivity index (χ0) is 20.8. The molecule has 0 radical (unpaired) electrons. The summed E-state index contributed by atoms with van der Waals surface area (Å²) < 4.78 is 11.6. The highest BCUT2D eigenvalue weighted by Gasteiger charge is 2.12. The molecule has 0 spiro atoms. The number of fused-ring (bicyclic) bond motifs is 1. The van der Waals surface area contributed by atoms with E-state index in [1.807, 2.05) is 66.7 Å². The Balaban J connectivity index is 1.38. The first-order chi connectivity index (χ1) is 14.7. The van der Waals surface area contributed by atoms with Crippen molar-refractivity contribution in [3.05, 3.63) is 88.7 Å². The molecular weight excluding hydrogens is 398 g/mol. The molecule has 0 aliphatic rings. The van der Waals surface area contributed by atoms with Gasteiger partial charge in [0, 0.05) is 35.7 Å². The molecule has 154 valence electrons. The highest BCUT2D eigenvalue weighted by atomic mass is 35.5. The van der Waals surface area contributed by atoms with Gasteiger partial charge in [0.15, 0.2) is 11.5 Å². The third kappa shape index (κ3) is 4.75. The van der Waals surface area contributed by atoms with Crippen LogP contribution in [0.2, 0.25) is 5.02 Å². The molecule has 0 aliphatic carbocycles. The van der Waals surface area contributed by atoms with Gasteiger partial charge in [0.05, 0.1) is 18.1 Å². The van der Waals surface area contributed by atoms with Gasteiger partial charge >= 0.3 is 0 Å². The largest absolute Gasteiger partial charge is 0.493 e. The number of aromatic nitrogens is 2. The third-order valence-corrected chi connectivity index (χ3v) is 5.27. The molecule has 0 saturated carbocycles. The maximum Gasteiger partial charge on any atom is 0.166 e. The number of nitrogens with zero attached hydrogens (tertiary/aromatic N) is 1. The predicted molar refractivity (Wildman–Crippen MR) is 120 cm³/mol. The topological polar surface area (TPSA) is 59.2 Å². The molecular formula is C24H24ClN3O2.